The van der Waals surface area contributed by atoms with Crippen LogP contribution in [0.5, 0.6) is 0 Å². The molecule has 9 nitrogen and oxygen atoms in total. The second-order valence-electron chi connectivity index (χ2n) is 20.7. The minimum atomic E-state index is -1.45. The monoisotopic (exact) mass is 1530 g/mol. The normalized spacial score (nSPS) is 12.9. The molecular weight excluding hydrogens is 1480 g/mol. The minimum Gasteiger partial charge on any atom is -1.00 e. The molecule has 4 aliphatic heterocycles. The summed E-state index contributed by atoms with van der Waals surface area (Å²) in [5, 5.41) is 22.0. The number of hydrogen-bond donors (Lipinski definition) is 2. The Bertz CT molecular complexity index is 4490. The Labute approximate surface area is 592 Å². The van der Waals surface area contributed by atoms with Gasteiger partial charge in [0.25, 0.3) is 0 Å². The molecule has 93 heavy (non-hydrogen) atoms. The molecule has 4 heterocycles. The third kappa shape index (κ3) is 14.5. The summed E-state index contributed by atoms with van der Waals surface area (Å²) in [4.78, 5) is 60.3. The number of carbonyl (C=O) groups is 4. The van der Waals surface area contributed by atoms with Crippen LogP contribution < -0.4 is 65.0 Å². The van der Waals surface area contributed by atoms with Crippen molar-refractivity contribution in [3.05, 3.63) is 311 Å². The van der Waals surface area contributed by atoms with Crippen LogP contribution in [0.1, 0.15) is 18.6 Å². The molecule has 0 spiro atoms. The predicted octanol–water partition coefficient (Wildman–Crippen LogP) is 12.3. The van der Waals surface area contributed by atoms with Crippen LogP contribution in [0.25, 0.3) is 20.1 Å². The molecule has 3 radical (unpaired) electrons. The van der Waals surface area contributed by atoms with Gasteiger partial charge >= 0.3 is 7.12 Å². The molecule has 0 saturated heterocycles. The molecule has 455 valence electrons. The number of halogens is 3. The maximum Gasteiger partial charge on any atom is 0.488 e. The van der Waals surface area contributed by atoms with Crippen molar-refractivity contribution in [1.82, 2.24) is 0 Å². The minimum absolute atomic E-state index is 0. The van der Waals surface area contributed by atoms with Gasteiger partial charge in [-0.3, -0.25) is 19.2 Å². The van der Waals surface area contributed by atoms with Gasteiger partial charge in [0.05, 0.1) is 8.96 Å². The van der Waals surface area contributed by atoms with Crippen molar-refractivity contribution in [3.8, 4) is 0 Å². The number of rotatable bonds is 12. The fourth-order valence-electron chi connectivity index (χ4n) is 10.9. The van der Waals surface area contributed by atoms with E-state index in [-0.39, 0.29) is 60.3 Å². The topological polar surface area (TPSA) is 118 Å². The largest absolute Gasteiger partial charge is 1.00 e. The van der Waals surface area contributed by atoms with E-state index in [0.717, 1.165) is 103 Å². The summed E-state index contributed by atoms with van der Waals surface area (Å²) in [5.41, 5.74) is 12.8. The molecule has 0 unspecified atom stereocenters. The SMILES string of the molecule is C.O=C1Sc2cc3c(cc2=C1Br)SC(=O)C=3Br.O=C1Sc2cc3c(cc2=C1c1ccc(N(c2ccccc2)c2ccccc2)cc1)SC(=O)C=3c1ccc(N(c2ccccc2)c2ccccc2)cc1.OB(O)c1ccc(N(c2ccccc2)c2ccccc2)cc1.[B].[I-]. The average Bonchev–Trinajstić information content (AvgIpc) is 1.62. The van der Waals surface area contributed by atoms with E-state index in [2.05, 4.69) is 119 Å². The fourth-order valence-corrected chi connectivity index (χ4v) is 16.0. The number of hydrogen-bond acceptors (Lipinski definition) is 13. The first-order valence-corrected chi connectivity index (χ1v) is 33.2. The highest BCUT2D eigenvalue weighted by atomic mass is 127. The summed E-state index contributed by atoms with van der Waals surface area (Å²) in [7, 11) is -1.45. The zero-order valence-corrected chi connectivity index (χ0v) is 56.9. The van der Waals surface area contributed by atoms with Crippen LogP contribution in [0, 0.1) is 0 Å². The van der Waals surface area contributed by atoms with Crippen LogP contribution in [-0.4, -0.2) is 46.0 Å². The maximum atomic E-state index is 13.6. The molecule has 11 aromatic rings. The zero-order valence-electron chi connectivity index (χ0n) is 48.3. The highest BCUT2D eigenvalue weighted by Crippen LogP contribution is 2.41. The molecule has 2 N–H and O–H groups in total. The van der Waals surface area contributed by atoms with Crippen molar-refractivity contribution in [2.45, 2.75) is 27.0 Å². The average molecular weight is 1530 g/mol. The Morgan fingerprint density at radius 2 is 0.516 bits per heavy atom. The molecular formula is C75H52B2Br2IN3O6S4-. The van der Waals surface area contributed by atoms with Gasteiger partial charge < -0.3 is 48.7 Å². The lowest BCUT2D eigenvalue weighted by molar-refractivity contribution is -0.106. The summed E-state index contributed by atoms with van der Waals surface area (Å²) in [5.74, 6) is 0. The number of benzene rings is 11. The van der Waals surface area contributed by atoms with Crippen molar-refractivity contribution < 1.29 is 53.2 Å². The first-order valence-electron chi connectivity index (χ1n) is 28.4. The Hall–Kier alpha value is -7.88. The third-order valence-electron chi connectivity index (χ3n) is 15.1. The van der Waals surface area contributed by atoms with E-state index >= 15 is 0 Å². The molecule has 0 amide bonds. The Morgan fingerprint density at radius 3 is 0.774 bits per heavy atom. The first kappa shape index (κ1) is 68.0. The van der Waals surface area contributed by atoms with Gasteiger partial charge in [0.2, 0.25) is 20.5 Å². The second kappa shape index (κ2) is 30.5. The smallest absolute Gasteiger partial charge is 0.488 e. The Kier molecular flexibility index (Phi) is 22.3. The summed E-state index contributed by atoms with van der Waals surface area (Å²) in [6, 6.07) is 92.6. The molecule has 0 aliphatic carbocycles. The summed E-state index contributed by atoms with van der Waals surface area (Å²) in [6.45, 7) is 0. The van der Waals surface area contributed by atoms with Crippen LogP contribution in [0.3, 0.4) is 0 Å². The number of thioether (sulfide) groups is 4. The van der Waals surface area contributed by atoms with E-state index in [4.69, 9.17) is 0 Å². The van der Waals surface area contributed by atoms with Crippen molar-refractivity contribution in [3.63, 3.8) is 0 Å². The van der Waals surface area contributed by atoms with E-state index in [0.29, 0.717) is 25.6 Å². The lowest BCUT2D eigenvalue weighted by Crippen LogP contribution is -3.00. The molecule has 0 bridgehead atoms. The van der Waals surface area contributed by atoms with Gasteiger partial charge in [0.15, 0.2) is 0 Å². The standard InChI is InChI=1S/C46H30N2O2S2.C18H16BNO2.C10H2Br2O2S2.CH4.B.HI/c49-45-43(31-21-25-37(26-22-31)47(33-13-5-1-6-14-33)34-15-7-2-8-16-34)39-29-42-40(30-41(39)51-45)44(46(50)52-42)32-23-27-38(28-24-32)48(35-17-9-3-10-18-35)36-19-11-4-12-20-36;21-19(22)15-11-13-18(14-12-15)20(16-7-3-1-4-8-16)17-9-5-2-6-10-17;11-7-3-1-5-4(8(12)10(14)15-5)2-6(3)16-9(7)13;;;/h1-30H;1-14,21-22H;1-2H;1H4;;1H/p-1. The van der Waals surface area contributed by atoms with Crippen LogP contribution in [0.4, 0.5) is 51.2 Å². The van der Waals surface area contributed by atoms with Crippen molar-refractivity contribution in [1.29, 1.82) is 0 Å². The van der Waals surface area contributed by atoms with E-state index < -0.39 is 7.12 Å². The number of carbonyl (C=O) groups excluding carboxylic acids is 4. The van der Waals surface area contributed by atoms with Gasteiger partial charge in [-0.15, -0.1) is 0 Å². The highest BCUT2D eigenvalue weighted by Gasteiger charge is 2.31. The van der Waals surface area contributed by atoms with Crippen LogP contribution in [0.15, 0.2) is 299 Å². The molecule has 18 heteroatoms. The lowest BCUT2D eigenvalue weighted by Gasteiger charge is -2.25. The van der Waals surface area contributed by atoms with Gasteiger partial charge in [0.1, 0.15) is 0 Å². The predicted molar refractivity (Wildman–Crippen MR) is 390 cm³/mol. The molecule has 0 saturated carbocycles. The van der Waals surface area contributed by atoms with E-state index in [9.17, 15) is 29.2 Å². The first-order chi connectivity index (χ1) is 43.9. The van der Waals surface area contributed by atoms with Crippen molar-refractivity contribution in [2.75, 3.05) is 14.7 Å². The van der Waals surface area contributed by atoms with E-state index in [1.54, 1.807) is 12.1 Å². The Balaban J connectivity index is 0.000000189. The van der Waals surface area contributed by atoms with Gasteiger partial charge in [-0.2, -0.15) is 0 Å². The summed E-state index contributed by atoms with van der Waals surface area (Å²) < 4.78 is 1.18. The summed E-state index contributed by atoms with van der Waals surface area (Å²) in [6.07, 6.45) is 0. The maximum absolute atomic E-state index is 13.6. The quantitative estimate of drug-likeness (QED) is 0.0893. The number of nitrogens with zero attached hydrogens (tertiary/aromatic N) is 3. The van der Waals surface area contributed by atoms with Crippen molar-refractivity contribution >= 4 is 192 Å². The van der Waals surface area contributed by atoms with Crippen LogP contribution in [-0.2, 0) is 19.2 Å². The zero-order chi connectivity index (χ0) is 61.8. The number of anilines is 9. The lowest BCUT2D eigenvalue weighted by atomic mass is 9.80. The van der Waals surface area contributed by atoms with Crippen molar-refractivity contribution in [2.24, 2.45) is 0 Å². The molecule has 0 fully saturated rings. The van der Waals surface area contributed by atoms with Crippen LogP contribution >= 0.6 is 78.9 Å². The van der Waals surface area contributed by atoms with E-state index in [1.165, 1.54) is 47.0 Å². The van der Waals surface area contributed by atoms with Gasteiger partial charge in [-0.25, -0.2) is 0 Å². The highest BCUT2D eigenvalue weighted by molar-refractivity contribution is 9.15. The number of para-hydroxylation sites is 6. The van der Waals surface area contributed by atoms with Gasteiger partial charge in [-0.05, 0) is 229 Å². The summed E-state index contributed by atoms with van der Waals surface area (Å²) >= 11 is 11.4. The molecule has 4 aliphatic rings. The molecule has 0 aromatic heterocycles. The van der Waals surface area contributed by atoms with Crippen LogP contribution in [0.2, 0.25) is 0 Å². The fraction of sp³-hybridized carbons (Fsp3) is 0.0133. The molecule has 0 atom stereocenters. The third-order valence-corrected chi connectivity index (χ3v) is 21.0. The molecule has 11 aromatic carbocycles. The molecule has 15 rings (SSSR count). The van der Waals surface area contributed by atoms with Gasteiger partial charge in [-0.1, -0.05) is 153 Å². The van der Waals surface area contributed by atoms with E-state index in [1.807, 2.05) is 194 Å². The Morgan fingerprint density at radius 1 is 0.301 bits per heavy atom. The number of fused-ring (bicyclic) bond motifs is 4. The second-order valence-corrected chi connectivity index (χ2v) is 26.3. The van der Waals surface area contributed by atoms with Gasteiger partial charge in [0, 0.05) is 111 Å².